The number of aromatic nitrogens is 3. The van der Waals surface area contributed by atoms with Gasteiger partial charge in [0.1, 0.15) is 6.54 Å². The molecule has 1 aromatic heterocycles. The summed E-state index contributed by atoms with van der Waals surface area (Å²) in [4.78, 5) is 14.2. The lowest BCUT2D eigenvalue weighted by Gasteiger charge is -2.32. The summed E-state index contributed by atoms with van der Waals surface area (Å²) in [5, 5.41) is 11.4. The van der Waals surface area contributed by atoms with Gasteiger partial charge in [-0.15, -0.1) is 5.10 Å². The number of hydrogen-bond donors (Lipinski definition) is 1. The van der Waals surface area contributed by atoms with E-state index in [4.69, 9.17) is 0 Å². The van der Waals surface area contributed by atoms with Gasteiger partial charge in [0, 0.05) is 31.2 Å². The lowest BCUT2D eigenvalue weighted by Crippen LogP contribution is -2.47. The van der Waals surface area contributed by atoms with E-state index in [1.54, 1.807) is 4.68 Å². The van der Waals surface area contributed by atoms with E-state index in [-0.39, 0.29) is 5.91 Å². The van der Waals surface area contributed by atoms with Crippen molar-refractivity contribution < 1.29 is 4.79 Å². The molecule has 0 spiro atoms. The molecule has 2 heterocycles. The van der Waals surface area contributed by atoms with Gasteiger partial charge in [-0.05, 0) is 32.7 Å². The molecule has 1 aromatic rings. The molecule has 1 aliphatic carbocycles. The number of nitrogens with zero attached hydrogens (tertiary/aromatic N) is 4. The first-order valence-corrected chi connectivity index (χ1v) is 7.11. The zero-order valence-electron chi connectivity index (χ0n) is 11.4. The average Bonchev–Trinajstić information content (AvgIpc) is 3.19. The minimum Gasteiger partial charge on any atom is -0.340 e. The lowest BCUT2D eigenvalue weighted by atomic mass is 10.1. The number of piperidine rings is 1. The van der Waals surface area contributed by atoms with Crippen LogP contribution < -0.4 is 5.32 Å². The van der Waals surface area contributed by atoms with E-state index in [1.807, 2.05) is 18.1 Å². The van der Waals surface area contributed by atoms with E-state index in [0.29, 0.717) is 18.5 Å². The molecule has 0 bridgehead atoms. The van der Waals surface area contributed by atoms with E-state index in [0.717, 1.165) is 31.6 Å². The SMILES string of the molecule is CN[C@H]1CCCN(C(=O)Cn2cc(C3CC3)nn2)C1. The molecule has 19 heavy (non-hydrogen) atoms. The third-order valence-corrected chi connectivity index (χ3v) is 4.03. The molecule has 6 nitrogen and oxygen atoms in total. The van der Waals surface area contributed by atoms with Gasteiger partial charge in [0.25, 0.3) is 0 Å². The minimum atomic E-state index is 0.146. The predicted octanol–water partition coefficient (Wildman–Crippen LogP) is 0.366. The van der Waals surface area contributed by atoms with Crippen molar-refractivity contribution in [2.24, 2.45) is 0 Å². The molecule has 6 heteroatoms. The van der Waals surface area contributed by atoms with Crippen molar-refractivity contribution >= 4 is 5.91 Å². The monoisotopic (exact) mass is 263 g/mol. The Kier molecular flexibility index (Phi) is 3.50. The van der Waals surface area contributed by atoms with Gasteiger partial charge in [0.15, 0.2) is 0 Å². The zero-order chi connectivity index (χ0) is 13.2. The summed E-state index contributed by atoms with van der Waals surface area (Å²) < 4.78 is 1.68. The molecule has 0 unspecified atom stereocenters. The van der Waals surface area contributed by atoms with E-state index < -0.39 is 0 Å². The van der Waals surface area contributed by atoms with Crippen LogP contribution in [0.4, 0.5) is 0 Å². The molecule has 1 amide bonds. The molecule has 3 rings (SSSR count). The standard InChI is InChI=1S/C13H21N5O/c1-14-11-3-2-6-17(7-11)13(19)9-18-8-12(15-16-18)10-4-5-10/h8,10-11,14H,2-7,9H2,1H3/t11-/m0/s1. The summed E-state index contributed by atoms with van der Waals surface area (Å²) in [7, 11) is 1.96. The molecule has 1 atom stereocenters. The summed E-state index contributed by atoms with van der Waals surface area (Å²) in [6, 6.07) is 0.426. The van der Waals surface area contributed by atoms with Gasteiger partial charge in [0.05, 0.1) is 5.69 Å². The first kappa shape index (κ1) is 12.6. The van der Waals surface area contributed by atoms with Crippen LogP contribution in [0.25, 0.3) is 0 Å². The first-order valence-electron chi connectivity index (χ1n) is 7.11. The van der Waals surface area contributed by atoms with Crippen LogP contribution in [0.3, 0.4) is 0 Å². The minimum absolute atomic E-state index is 0.146. The summed E-state index contributed by atoms with van der Waals surface area (Å²) in [5.74, 6) is 0.736. The number of nitrogens with one attached hydrogen (secondary N) is 1. The Morgan fingerprint density at radius 1 is 1.47 bits per heavy atom. The fourth-order valence-corrected chi connectivity index (χ4v) is 2.63. The highest BCUT2D eigenvalue weighted by atomic mass is 16.2. The van der Waals surface area contributed by atoms with Crippen LogP contribution in [0.1, 0.15) is 37.3 Å². The molecule has 104 valence electrons. The molecular weight excluding hydrogens is 242 g/mol. The Morgan fingerprint density at radius 2 is 2.32 bits per heavy atom. The van der Waals surface area contributed by atoms with Gasteiger partial charge in [0.2, 0.25) is 5.91 Å². The summed E-state index contributed by atoms with van der Waals surface area (Å²) in [5.41, 5.74) is 1.04. The fraction of sp³-hybridized carbons (Fsp3) is 0.769. The Hall–Kier alpha value is -1.43. The zero-order valence-corrected chi connectivity index (χ0v) is 11.4. The quantitative estimate of drug-likeness (QED) is 0.852. The molecular formula is C13H21N5O. The van der Waals surface area contributed by atoms with Crippen LogP contribution in [0.15, 0.2) is 6.20 Å². The maximum absolute atomic E-state index is 12.2. The van der Waals surface area contributed by atoms with Crippen LogP contribution in [0, 0.1) is 0 Å². The van der Waals surface area contributed by atoms with Crippen LogP contribution in [-0.2, 0) is 11.3 Å². The second-order valence-electron chi connectivity index (χ2n) is 5.58. The number of rotatable bonds is 4. The largest absolute Gasteiger partial charge is 0.340 e. The first-order chi connectivity index (χ1) is 9.26. The molecule has 1 saturated carbocycles. The Bertz CT molecular complexity index is 454. The van der Waals surface area contributed by atoms with Crippen molar-refractivity contribution in [3.05, 3.63) is 11.9 Å². The lowest BCUT2D eigenvalue weighted by molar-refractivity contribution is -0.133. The Labute approximate surface area is 113 Å². The van der Waals surface area contributed by atoms with Crippen molar-refractivity contribution in [1.82, 2.24) is 25.2 Å². The molecule has 1 aliphatic heterocycles. The second-order valence-corrected chi connectivity index (χ2v) is 5.58. The Morgan fingerprint density at radius 3 is 3.05 bits per heavy atom. The summed E-state index contributed by atoms with van der Waals surface area (Å²) in [6.45, 7) is 1.98. The third-order valence-electron chi connectivity index (χ3n) is 4.03. The average molecular weight is 263 g/mol. The van der Waals surface area contributed by atoms with Crippen molar-refractivity contribution in [3.63, 3.8) is 0 Å². The van der Waals surface area contributed by atoms with Gasteiger partial charge >= 0.3 is 0 Å². The van der Waals surface area contributed by atoms with Crippen molar-refractivity contribution in [1.29, 1.82) is 0 Å². The normalized spacial score (nSPS) is 23.6. The summed E-state index contributed by atoms with van der Waals surface area (Å²) in [6.07, 6.45) is 6.57. The van der Waals surface area contributed by atoms with Crippen molar-refractivity contribution in [2.75, 3.05) is 20.1 Å². The van der Waals surface area contributed by atoms with Crippen molar-refractivity contribution in [3.8, 4) is 0 Å². The van der Waals surface area contributed by atoms with Gasteiger partial charge < -0.3 is 10.2 Å². The molecule has 2 fully saturated rings. The van der Waals surface area contributed by atoms with Gasteiger partial charge in [-0.1, -0.05) is 5.21 Å². The van der Waals surface area contributed by atoms with Crippen LogP contribution in [0.5, 0.6) is 0 Å². The smallest absolute Gasteiger partial charge is 0.244 e. The maximum atomic E-state index is 12.2. The van der Waals surface area contributed by atoms with E-state index in [1.165, 1.54) is 12.8 Å². The fourth-order valence-electron chi connectivity index (χ4n) is 2.63. The summed E-state index contributed by atoms with van der Waals surface area (Å²) >= 11 is 0. The number of carbonyl (C=O) groups excluding carboxylic acids is 1. The topological polar surface area (TPSA) is 63.1 Å². The molecule has 1 saturated heterocycles. The van der Waals surface area contributed by atoms with Crippen LogP contribution >= 0.6 is 0 Å². The number of likely N-dealkylation sites (tertiary alicyclic amines) is 1. The van der Waals surface area contributed by atoms with Gasteiger partial charge in [-0.3, -0.25) is 4.79 Å². The maximum Gasteiger partial charge on any atom is 0.244 e. The van der Waals surface area contributed by atoms with E-state index in [9.17, 15) is 4.79 Å². The third kappa shape index (κ3) is 2.94. The van der Waals surface area contributed by atoms with Gasteiger partial charge in [-0.25, -0.2) is 4.68 Å². The molecule has 0 radical (unpaired) electrons. The molecule has 0 aromatic carbocycles. The molecule has 1 N–H and O–H groups in total. The van der Waals surface area contributed by atoms with E-state index >= 15 is 0 Å². The number of likely N-dealkylation sites (N-methyl/N-ethyl adjacent to an activating group) is 1. The number of hydrogen-bond acceptors (Lipinski definition) is 4. The van der Waals surface area contributed by atoms with Crippen molar-refractivity contribution in [2.45, 2.75) is 44.2 Å². The highest BCUT2D eigenvalue weighted by Crippen LogP contribution is 2.38. The molecule has 2 aliphatic rings. The van der Waals surface area contributed by atoms with Crippen LogP contribution in [-0.4, -0.2) is 52.0 Å². The number of amides is 1. The number of carbonyl (C=O) groups is 1. The van der Waals surface area contributed by atoms with Gasteiger partial charge in [-0.2, -0.15) is 0 Å². The predicted molar refractivity (Wildman–Crippen MR) is 70.7 cm³/mol. The Balaban J connectivity index is 1.57. The van der Waals surface area contributed by atoms with E-state index in [2.05, 4.69) is 15.6 Å². The highest BCUT2D eigenvalue weighted by Gasteiger charge is 2.27. The highest BCUT2D eigenvalue weighted by molar-refractivity contribution is 5.76. The second kappa shape index (κ2) is 5.28. The van der Waals surface area contributed by atoms with Crippen LogP contribution in [0.2, 0.25) is 0 Å².